The van der Waals surface area contributed by atoms with E-state index >= 15 is 0 Å². The Morgan fingerprint density at radius 2 is 1.83 bits per heavy atom. The van der Waals surface area contributed by atoms with E-state index in [1.165, 1.54) is 0 Å². The van der Waals surface area contributed by atoms with Crippen LogP contribution < -0.4 is 9.47 Å². The summed E-state index contributed by atoms with van der Waals surface area (Å²) in [6, 6.07) is 15.1. The van der Waals surface area contributed by atoms with Crippen molar-refractivity contribution < 1.29 is 14.3 Å². The quantitative estimate of drug-likeness (QED) is 0.670. The number of ether oxygens (including phenoxy) is 2. The zero-order chi connectivity index (χ0) is 20.2. The third kappa shape index (κ3) is 4.49. The lowest BCUT2D eigenvalue weighted by Gasteiger charge is -2.34. The van der Waals surface area contributed by atoms with Crippen LogP contribution in [0.1, 0.15) is 10.5 Å². The normalized spacial score (nSPS) is 14.9. The fourth-order valence-electron chi connectivity index (χ4n) is 3.56. The van der Waals surface area contributed by atoms with Gasteiger partial charge in [-0.05, 0) is 30.3 Å². The second-order valence-electron chi connectivity index (χ2n) is 7.05. The van der Waals surface area contributed by atoms with Gasteiger partial charge in [-0.1, -0.05) is 23.7 Å². The first-order chi connectivity index (χ1) is 14.1. The maximum atomic E-state index is 12.8. The maximum Gasteiger partial charge on any atom is 0.270 e. The largest absolute Gasteiger partial charge is 0.497 e. The molecule has 1 saturated heterocycles. The molecule has 1 fully saturated rings. The summed E-state index contributed by atoms with van der Waals surface area (Å²) in [5, 5.41) is 1.53. The smallest absolute Gasteiger partial charge is 0.270 e. The SMILES string of the molecule is COc1cccc(OCCN2CCN(C(=O)c3cc4c(Cl)cccc4[nH]3)CC2)c1. The van der Waals surface area contributed by atoms with E-state index in [2.05, 4.69) is 9.88 Å². The Morgan fingerprint density at radius 3 is 2.59 bits per heavy atom. The third-order valence-corrected chi connectivity index (χ3v) is 5.55. The molecule has 1 N–H and O–H groups in total. The molecule has 3 aromatic rings. The lowest BCUT2D eigenvalue weighted by molar-refractivity contribution is 0.0615. The van der Waals surface area contributed by atoms with Gasteiger partial charge in [-0.25, -0.2) is 0 Å². The predicted octanol–water partition coefficient (Wildman–Crippen LogP) is 3.67. The highest BCUT2D eigenvalue weighted by Gasteiger charge is 2.23. The molecule has 0 atom stereocenters. The monoisotopic (exact) mass is 413 g/mol. The number of benzene rings is 2. The van der Waals surface area contributed by atoms with Gasteiger partial charge in [-0.15, -0.1) is 0 Å². The number of carbonyl (C=O) groups excluding carboxylic acids is 1. The van der Waals surface area contributed by atoms with Gasteiger partial charge < -0.3 is 19.4 Å². The number of aromatic amines is 1. The molecule has 4 rings (SSSR count). The molecule has 1 amide bonds. The number of aromatic nitrogens is 1. The Kier molecular flexibility index (Phi) is 5.92. The second-order valence-corrected chi connectivity index (χ2v) is 7.45. The van der Waals surface area contributed by atoms with Gasteiger partial charge in [-0.3, -0.25) is 9.69 Å². The zero-order valence-electron chi connectivity index (χ0n) is 16.4. The van der Waals surface area contributed by atoms with Crippen molar-refractivity contribution in [1.82, 2.24) is 14.8 Å². The van der Waals surface area contributed by atoms with Crippen molar-refractivity contribution in [3.63, 3.8) is 0 Å². The molecular formula is C22H24ClN3O3. The molecule has 0 bridgehead atoms. The molecule has 1 aromatic heterocycles. The summed E-state index contributed by atoms with van der Waals surface area (Å²) in [5.41, 5.74) is 1.47. The van der Waals surface area contributed by atoms with E-state index in [0.717, 1.165) is 42.0 Å². The van der Waals surface area contributed by atoms with E-state index in [0.29, 0.717) is 30.4 Å². The number of carbonyl (C=O) groups is 1. The Bertz CT molecular complexity index is 996. The van der Waals surface area contributed by atoms with Crippen molar-refractivity contribution in [2.75, 3.05) is 46.4 Å². The topological polar surface area (TPSA) is 57.8 Å². The van der Waals surface area contributed by atoms with E-state index in [-0.39, 0.29) is 5.91 Å². The highest BCUT2D eigenvalue weighted by Crippen LogP contribution is 2.25. The Hall–Kier alpha value is -2.70. The van der Waals surface area contributed by atoms with Crippen molar-refractivity contribution in [1.29, 1.82) is 0 Å². The lowest BCUT2D eigenvalue weighted by Crippen LogP contribution is -2.49. The summed E-state index contributed by atoms with van der Waals surface area (Å²) in [6.07, 6.45) is 0. The molecule has 1 aliphatic rings. The lowest BCUT2D eigenvalue weighted by atomic mass is 10.2. The van der Waals surface area contributed by atoms with Crippen molar-refractivity contribution in [2.24, 2.45) is 0 Å². The average Bonchev–Trinajstić information content (AvgIpc) is 3.20. The van der Waals surface area contributed by atoms with Crippen LogP contribution in [-0.4, -0.2) is 67.1 Å². The molecule has 2 aromatic carbocycles. The van der Waals surface area contributed by atoms with Gasteiger partial charge in [0.1, 0.15) is 23.8 Å². The average molecular weight is 414 g/mol. The number of hydrogen-bond donors (Lipinski definition) is 1. The first-order valence-corrected chi connectivity index (χ1v) is 10.1. The van der Waals surface area contributed by atoms with E-state index < -0.39 is 0 Å². The fraction of sp³-hybridized carbons (Fsp3) is 0.318. The van der Waals surface area contributed by atoms with Crippen LogP contribution in [-0.2, 0) is 0 Å². The van der Waals surface area contributed by atoms with Gasteiger partial charge in [0.15, 0.2) is 0 Å². The number of piperazine rings is 1. The van der Waals surface area contributed by atoms with E-state index in [9.17, 15) is 4.79 Å². The van der Waals surface area contributed by atoms with Gasteiger partial charge in [0.05, 0.1) is 7.11 Å². The minimum Gasteiger partial charge on any atom is -0.497 e. The van der Waals surface area contributed by atoms with E-state index in [1.54, 1.807) is 7.11 Å². The molecule has 0 unspecified atom stereocenters. The van der Waals surface area contributed by atoms with E-state index in [4.69, 9.17) is 21.1 Å². The number of fused-ring (bicyclic) bond motifs is 1. The summed E-state index contributed by atoms with van der Waals surface area (Å²) in [5.74, 6) is 1.60. The third-order valence-electron chi connectivity index (χ3n) is 5.22. The highest BCUT2D eigenvalue weighted by atomic mass is 35.5. The van der Waals surface area contributed by atoms with Gasteiger partial charge in [-0.2, -0.15) is 0 Å². The second kappa shape index (κ2) is 8.76. The number of rotatable bonds is 6. The van der Waals surface area contributed by atoms with Crippen LogP contribution >= 0.6 is 11.6 Å². The number of halogens is 1. The number of hydrogen-bond acceptors (Lipinski definition) is 4. The molecule has 29 heavy (non-hydrogen) atoms. The van der Waals surface area contributed by atoms with Crippen LogP contribution in [0.5, 0.6) is 11.5 Å². The Labute approximate surface area is 175 Å². The van der Waals surface area contributed by atoms with Crippen molar-refractivity contribution in [3.8, 4) is 11.5 Å². The summed E-state index contributed by atoms with van der Waals surface area (Å²) >= 11 is 6.22. The van der Waals surface area contributed by atoms with Crippen molar-refractivity contribution in [3.05, 3.63) is 59.2 Å². The molecular weight excluding hydrogens is 390 g/mol. The Morgan fingerprint density at radius 1 is 1.07 bits per heavy atom. The fourth-order valence-corrected chi connectivity index (χ4v) is 3.79. The van der Waals surface area contributed by atoms with Crippen molar-refractivity contribution >= 4 is 28.4 Å². The minimum atomic E-state index is 0.0181. The molecule has 0 spiro atoms. The maximum absolute atomic E-state index is 12.8. The van der Waals surface area contributed by atoms with Crippen LogP contribution in [0.2, 0.25) is 5.02 Å². The van der Waals surface area contributed by atoms with Crippen LogP contribution in [0.4, 0.5) is 0 Å². The predicted molar refractivity (Wildman–Crippen MR) is 114 cm³/mol. The van der Waals surface area contributed by atoms with Crippen LogP contribution in [0.15, 0.2) is 48.5 Å². The number of H-pyrrole nitrogens is 1. The number of nitrogens with zero attached hydrogens (tertiary/aromatic N) is 2. The summed E-state index contributed by atoms with van der Waals surface area (Å²) < 4.78 is 11.0. The summed E-state index contributed by atoms with van der Waals surface area (Å²) in [7, 11) is 1.64. The molecule has 1 aliphatic heterocycles. The number of nitrogens with one attached hydrogen (secondary N) is 1. The minimum absolute atomic E-state index is 0.0181. The molecule has 0 radical (unpaired) electrons. The number of amides is 1. The zero-order valence-corrected chi connectivity index (χ0v) is 17.1. The molecule has 152 valence electrons. The number of methoxy groups -OCH3 is 1. The van der Waals surface area contributed by atoms with Crippen molar-refractivity contribution in [2.45, 2.75) is 0 Å². The summed E-state index contributed by atoms with van der Waals surface area (Å²) in [4.78, 5) is 20.2. The van der Waals surface area contributed by atoms with E-state index in [1.807, 2.05) is 53.4 Å². The molecule has 6 nitrogen and oxygen atoms in total. The molecule has 0 aliphatic carbocycles. The first-order valence-electron chi connectivity index (χ1n) is 9.70. The standard InChI is InChI=1S/C22H24ClN3O3/c1-28-16-4-2-5-17(14-16)29-13-12-25-8-10-26(11-9-25)22(27)21-15-18-19(23)6-3-7-20(18)24-21/h2-7,14-15,24H,8-13H2,1H3. The Balaban J connectivity index is 1.27. The van der Waals surface area contributed by atoms with Gasteiger partial charge in [0, 0.05) is 54.7 Å². The van der Waals surface area contributed by atoms with Gasteiger partial charge >= 0.3 is 0 Å². The van der Waals surface area contributed by atoms with Gasteiger partial charge in [0.25, 0.3) is 5.91 Å². The molecule has 7 heteroatoms. The van der Waals surface area contributed by atoms with Crippen LogP contribution in [0, 0.1) is 0 Å². The molecule has 2 heterocycles. The van der Waals surface area contributed by atoms with Crippen LogP contribution in [0.25, 0.3) is 10.9 Å². The van der Waals surface area contributed by atoms with Crippen LogP contribution in [0.3, 0.4) is 0 Å². The summed E-state index contributed by atoms with van der Waals surface area (Å²) in [6.45, 7) is 4.47. The first kappa shape index (κ1) is 19.6. The highest BCUT2D eigenvalue weighted by molar-refractivity contribution is 6.35. The van der Waals surface area contributed by atoms with Gasteiger partial charge in [0.2, 0.25) is 0 Å². The molecule has 0 saturated carbocycles.